The van der Waals surface area contributed by atoms with Gasteiger partial charge in [-0.3, -0.25) is 0 Å². The van der Waals surface area contributed by atoms with Crippen LogP contribution in [0.1, 0.15) is 29.5 Å². The first kappa shape index (κ1) is 22.8. The molecule has 0 atom stereocenters. The van der Waals surface area contributed by atoms with Crippen LogP contribution in [0.25, 0.3) is 22.2 Å². The van der Waals surface area contributed by atoms with Crippen LogP contribution in [-0.2, 0) is 18.8 Å². The second-order valence-corrected chi connectivity index (χ2v) is 7.63. The SMILES string of the molecule is NCCCCc1c(-c2cc(C(F)(F)F)ccc2Cl)[nH]c2c(C(F)(F)F)cc(Cl)cc12. The van der Waals surface area contributed by atoms with E-state index in [1.54, 1.807) is 0 Å². The highest BCUT2D eigenvalue weighted by Crippen LogP contribution is 2.43. The molecule has 0 unspecified atom stereocenters. The van der Waals surface area contributed by atoms with E-state index in [0.717, 1.165) is 24.3 Å². The van der Waals surface area contributed by atoms with E-state index >= 15 is 0 Å². The number of rotatable bonds is 5. The van der Waals surface area contributed by atoms with Crippen molar-refractivity contribution in [3.63, 3.8) is 0 Å². The summed E-state index contributed by atoms with van der Waals surface area (Å²) in [7, 11) is 0. The fraction of sp³-hybridized carbons (Fsp3) is 0.300. The van der Waals surface area contributed by atoms with Crippen LogP contribution in [0.4, 0.5) is 26.3 Å². The number of unbranched alkanes of at least 4 members (excludes halogenated alkanes) is 1. The van der Waals surface area contributed by atoms with Crippen molar-refractivity contribution in [3.05, 3.63) is 57.1 Å². The Hall–Kier alpha value is -1.90. The third-order valence-corrected chi connectivity index (χ3v) is 5.28. The summed E-state index contributed by atoms with van der Waals surface area (Å²) < 4.78 is 80.4. The van der Waals surface area contributed by atoms with Crippen molar-refractivity contribution in [2.45, 2.75) is 31.6 Å². The van der Waals surface area contributed by atoms with Gasteiger partial charge in [-0.15, -0.1) is 0 Å². The first-order valence-electron chi connectivity index (χ1n) is 8.92. The second-order valence-electron chi connectivity index (χ2n) is 6.79. The number of fused-ring (bicyclic) bond motifs is 1. The number of H-pyrrole nitrogens is 1. The van der Waals surface area contributed by atoms with Crippen LogP contribution in [0.5, 0.6) is 0 Å². The van der Waals surface area contributed by atoms with Gasteiger partial charge in [-0.1, -0.05) is 23.2 Å². The lowest BCUT2D eigenvalue weighted by Crippen LogP contribution is -2.06. The number of aromatic amines is 1. The molecule has 0 aliphatic heterocycles. The van der Waals surface area contributed by atoms with E-state index < -0.39 is 23.5 Å². The average Bonchev–Trinajstić information content (AvgIpc) is 2.98. The van der Waals surface area contributed by atoms with Crippen molar-refractivity contribution in [2.24, 2.45) is 5.73 Å². The minimum absolute atomic E-state index is 0.0192. The van der Waals surface area contributed by atoms with Gasteiger partial charge in [0, 0.05) is 21.0 Å². The maximum Gasteiger partial charge on any atom is 0.418 e. The number of nitrogens with two attached hydrogens (primary N) is 1. The Morgan fingerprint density at radius 3 is 2.20 bits per heavy atom. The summed E-state index contributed by atoms with van der Waals surface area (Å²) in [5.41, 5.74) is 3.77. The zero-order valence-electron chi connectivity index (χ0n) is 15.3. The Balaban J connectivity index is 2.32. The molecule has 0 saturated heterocycles. The molecule has 162 valence electrons. The zero-order chi connectivity index (χ0) is 22.3. The van der Waals surface area contributed by atoms with Gasteiger partial charge in [0.05, 0.1) is 22.3 Å². The number of halogens is 8. The number of aromatic nitrogens is 1. The zero-order valence-corrected chi connectivity index (χ0v) is 16.8. The first-order chi connectivity index (χ1) is 13.9. The largest absolute Gasteiger partial charge is 0.418 e. The van der Waals surface area contributed by atoms with Crippen LogP contribution in [0.15, 0.2) is 30.3 Å². The van der Waals surface area contributed by atoms with Crippen LogP contribution >= 0.6 is 23.2 Å². The molecule has 0 aliphatic carbocycles. The number of benzene rings is 2. The summed E-state index contributed by atoms with van der Waals surface area (Å²) in [5, 5.41) is 0.0419. The van der Waals surface area contributed by atoms with Gasteiger partial charge in [-0.25, -0.2) is 0 Å². The Bertz CT molecular complexity index is 1070. The molecule has 3 N–H and O–H groups in total. The van der Waals surface area contributed by atoms with Crippen molar-refractivity contribution in [2.75, 3.05) is 6.54 Å². The highest BCUT2D eigenvalue weighted by atomic mass is 35.5. The number of nitrogens with one attached hydrogen (secondary N) is 1. The summed E-state index contributed by atoms with van der Waals surface area (Å²) in [6.07, 6.45) is -7.93. The summed E-state index contributed by atoms with van der Waals surface area (Å²) >= 11 is 12.1. The van der Waals surface area contributed by atoms with Crippen molar-refractivity contribution >= 4 is 34.1 Å². The van der Waals surface area contributed by atoms with Gasteiger partial charge in [0.2, 0.25) is 0 Å². The quantitative estimate of drug-likeness (QED) is 0.296. The fourth-order valence-corrected chi connectivity index (χ4v) is 3.80. The van der Waals surface area contributed by atoms with E-state index in [2.05, 4.69) is 4.98 Å². The normalized spacial score (nSPS) is 12.7. The molecule has 2 nitrogen and oxygen atoms in total. The lowest BCUT2D eigenvalue weighted by molar-refractivity contribution is -0.138. The molecular weight excluding hydrogens is 453 g/mol. The average molecular weight is 469 g/mol. The van der Waals surface area contributed by atoms with Gasteiger partial charge in [-0.2, -0.15) is 26.3 Å². The predicted molar refractivity (Wildman–Crippen MR) is 106 cm³/mol. The Kier molecular flexibility index (Phi) is 6.32. The summed E-state index contributed by atoms with van der Waals surface area (Å²) in [6, 6.07) is 4.87. The molecule has 0 saturated carbocycles. The van der Waals surface area contributed by atoms with Crippen molar-refractivity contribution in [3.8, 4) is 11.3 Å². The van der Waals surface area contributed by atoms with Crippen molar-refractivity contribution in [1.82, 2.24) is 4.98 Å². The lowest BCUT2D eigenvalue weighted by Gasteiger charge is -2.11. The van der Waals surface area contributed by atoms with E-state index in [0.29, 0.717) is 24.9 Å². The summed E-state index contributed by atoms with van der Waals surface area (Å²) in [6.45, 7) is 0.372. The Morgan fingerprint density at radius 2 is 1.60 bits per heavy atom. The van der Waals surface area contributed by atoms with E-state index in [9.17, 15) is 26.3 Å². The molecule has 0 aliphatic rings. The molecule has 3 aromatic rings. The molecule has 0 amide bonds. The first-order valence-corrected chi connectivity index (χ1v) is 9.67. The van der Waals surface area contributed by atoms with Crippen LogP contribution in [0.2, 0.25) is 10.0 Å². The molecule has 0 bridgehead atoms. The van der Waals surface area contributed by atoms with Gasteiger partial charge in [-0.05, 0) is 61.7 Å². The van der Waals surface area contributed by atoms with Crippen molar-refractivity contribution in [1.29, 1.82) is 0 Å². The topological polar surface area (TPSA) is 41.8 Å². The van der Waals surface area contributed by atoms with E-state index in [-0.39, 0.29) is 38.6 Å². The molecule has 0 radical (unpaired) electrons. The molecule has 30 heavy (non-hydrogen) atoms. The molecule has 1 heterocycles. The van der Waals surface area contributed by atoms with E-state index in [1.807, 2.05) is 0 Å². The molecular formula is C20H16Cl2F6N2. The third kappa shape index (κ3) is 4.55. The van der Waals surface area contributed by atoms with E-state index in [4.69, 9.17) is 28.9 Å². The summed E-state index contributed by atoms with van der Waals surface area (Å²) in [4.78, 5) is 2.67. The van der Waals surface area contributed by atoms with Gasteiger partial charge in [0.25, 0.3) is 0 Å². The van der Waals surface area contributed by atoms with Gasteiger partial charge in [0.15, 0.2) is 0 Å². The number of hydrogen-bond donors (Lipinski definition) is 2. The number of alkyl halides is 6. The number of hydrogen-bond acceptors (Lipinski definition) is 1. The maximum absolute atomic E-state index is 13.6. The fourth-order valence-electron chi connectivity index (χ4n) is 3.37. The minimum atomic E-state index is -4.71. The molecule has 10 heteroatoms. The van der Waals surface area contributed by atoms with Crippen LogP contribution in [-0.4, -0.2) is 11.5 Å². The molecule has 1 aromatic heterocycles. The summed E-state index contributed by atoms with van der Waals surface area (Å²) in [5.74, 6) is 0. The van der Waals surface area contributed by atoms with Crippen LogP contribution in [0.3, 0.4) is 0 Å². The molecule has 0 spiro atoms. The Labute approximate surface area is 178 Å². The standard InChI is InChI=1S/C20H16Cl2F6N2/c21-11-8-13-12(3-1-2-6-29)17(30-18(13)15(9-11)20(26,27)28)14-7-10(19(23,24)25)4-5-16(14)22/h4-5,7-9,30H,1-3,6,29H2. The highest BCUT2D eigenvalue weighted by molar-refractivity contribution is 6.33. The highest BCUT2D eigenvalue weighted by Gasteiger charge is 2.35. The molecule has 3 rings (SSSR count). The lowest BCUT2D eigenvalue weighted by atomic mass is 9.98. The van der Waals surface area contributed by atoms with E-state index in [1.165, 1.54) is 6.07 Å². The smallest absolute Gasteiger partial charge is 0.354 e. The Morgan fingerprint density at radius 1 is 0.900 bits per heavy atom. The molecule has 0 fully saturated rings. The second kappa shape index (κ2) is 8.32. The minimum Gasteiger partial charge on any atom is -0.354 e. The molecule has 2 aromatic carbocycles. The predicted octanol–water partition coefficient (Wildman–Crippen LogP) is 7.46. The van der Waals surface area contributed by atoms with Crippen LogP contribution < -0.4 is 5.73 Å². The van der Waals surface area contributed by atoms with Gasteiger partial charge >= 0.3 is 12.4 Å². The van der Waals surface area contributed by atoms with Gasteiger partial charge < -0.3 is 10.7 Å². The van der Waals surface area contributed by atoms with Crippen LogP contribution in [0, 0.1) is 0 Å². The van der Waals surface area contributed by atoms with Crippen molar-refractivity contribution < 1.29 is 26.3 Å². The number of aryl methyl sites for hydroxylation is 1. The third-order valence-electron chi connectivity index (χ3n) is 4.73. The van der Waals surface area contributed by atoms with Gasteiger partial charge in [0.1, 0.15) is 0 Å². The maximum atomic E-state index is 13.6. The monoisotopic (exact) mass is 468 g/mol.